The third kappa shape index (κ3) is 4.30. The van der Waals surface area contributed by atoms with Crippen molar-refractivity contribution >= 4 is 17.2 Å². The zero-order valence-corrected chi connectivity index (χ0v) is 13.6. The monoisotopic (exact) mass is 306 g/mol. The molecule has 1 aromatic rings. The number of rotatable bonds is 5. The second-order valence-electron chi connectivity index (χ2n) is 6.44. The number of hydrogen-bond acceptors (Lipinski definition) is 3. The van der Waals surface area contributed by atoms with Gasteiger partial charge in [0.25, 0.3) is 0 Å². The minimum Gasteiger partial charge on any atom is -0.342 e. The van der Waals surface area contributed by atoms with Crippen LogP contribution in [0.3, 0.4) is 0 Å². The molecule has 2 aliphatic rings. The molecule has 1 amide bonds. The van der Waals surface area contributed by atoms with Crippen molar-refractivity contribution in [2.75, 3.05) is 32.7 Å². The van der Waals surface area contributed by atoms with Crippen LogP contribution in [0.25, 0.3) is 0 Å². The van der Waals surface area contributed by atoms with Crippen LogP contribution in [0, 0.1) is 5.92 Å². The first kappa shape index (κ1) is 15.0. The Morgan fingerprint density at radius 3 is 2.86 bits per heavy atom. The van der Waals surface area contributed by atoms with Gasteiger partial charge in [0.1, 0.15) is 0 Å². The minimum atomic E-state index is 0.356. The number of carbonyl (C=O) groups is 1. The van der Waals surface area contributed by atoms with Crippen LogP contribution >= 0.6 is 11.3 Å². The molecule has 2 saturated heterocycles. The molecule has 3 heterocycles. The quantitative estimate of drug-likeness (QED) is 0.835. The van der Waals surface area contributed by atoms with Gasteiger partial charge in [0.2, 0.25) is 5.91 Å². The summed E-state index contributed by atoms with van der Waals surface area (Å²) in [4.78, 5) is 18.4. The van der Waals surface area contributed by atoms with Crippen molar-refractivity contribution in [3.05, 3.63) is 22.4 Å². The van der Waals surface area contributed by atoms with Gasteiger partial charge in [-0.15, -0.1) is 11.3 Å². The van der Waals surface area contributed by atoms with E-state index in [1.807, 2.05) is 0 Å². The summed E-state index contributed by atoms with van der Waals surface area (Å²) >= 11 is 1.76. The Kier molecular flexibility index (Phi) is 5.31. The van der Waals surface area contributed by atoms with Gasteiger partial charge in [-0.1, -0.05) is 6.07 Å². The van der Waals surface area contributed by atoms with Gasteiger partial charge in [-0.3, -0.25) is 4.79 Å². The normalized spacial score (nSPS) is 23.6. The van der Waals surface area contributed by atoms with Crippen LogP contribution in [0.1, 0.15) is 37.0 Å². The number of aryl methyl sites for hydroxylation is 1. The number of likely N-dealkylation sites (tertiary alicyclic amines) is 2. The molecule has 0 bridgehead atoms. The topological polar surface area (TPSA) is 23.6 Å². The van der Waals surface area contributed by atoms with Gasteiger partial charge in [0, 0.05) is 30.9 Å². The molecule has 0 aliphatic carbocycles. The van der Waals surface area contributed by atoms with Gasteiger partial charge in [-0.2, -0.15) is 0 Å². The third-order valence-corrected chi connectivity index (χ3v) is 5.69. The molecule has 3 rings (SSSR count). The molecule has 0 aromatic carbocycles. The first-order chi connectivity index (χ1) is 10.3. The lowest BCUT2D eigenvalue weighted by molar-refractivity contribution is -0.133. The van der Waals surface area contributed by atoms with Crippen molar-refractivity contribution in [3.8, 4) is 0 Å². The first-order valence-electron chi connectivity index (χ1n) is 8.34. The summed E-state index contributed by atoms with van der Waals surface area (Å²) in [5, 5.41) is 2.09. The van der Waals surface area contributed by atoms with E-state index in [0.717, 1.165) is 19.5 Å². The van der Waals surface area contributed by atoms with Crippen molar-refractivity contribution in [3.63, 3.8) is 0 Å². The lowest BCUT2D eigenvalue weighted by Gasteiger charge is -2.34. The minimum absolute atomic E-state index is 0.356. The molecular weight excluding hydrogens is 280 g/mol. The van der Waals surface area contributed by atoms with Gasteiger partial charge in [0.15, 0.2) is 0 Å². The molecule has 0 radical (unpaired) electrons. The molecule has 4 heteroatoms. The van der Waals surface area contributed by atoms with Crippen molar-refractivity contribution in [1.29, 1.82) is 0 Å². The predicted octanol–water partition coefficient (Wildman–Crippen LogP) is 3.02. The van der Waals surface area contributed by atoms with Crippen LogP contribution in [0.2, 0.25) is 0 Å². The number of piperidine rings is 1. The van der Waals surface area contributed by atoms with Gasteiger partial charge in [0.05, 0.1) is 0 Å². The highest BCUT2D eigenvalue weighted by Crippen LogP contribution is 2.21. The van der Waals surface area contributed by atoms with E-state index < -0.39 is 0 Å². The predicted molar refractivity (Wildman–Crippen MR) is 87.6 cm³/mol. The van der Waals surface area contributed by atoms with Crippen LogP contribution in [-0.4, -0.2) is 48.4 Å². The highest BCUT2D eigenvalue weighted by Gasteiger charge is 2.25. The van der Waals surface area contributed by atoms with Crippen LogP contribution in [0.4, 0.5) is 0 Å². The van der Waals surface area contributed by atoms with Crippen molar-refractivity contribution in [1.82, 2.24) is 9.80 Å². The van der Waals surface area contributed by atoms with E-state index in [1.165, 1.54) is 50.2 Å². The number of carbonyl (C=O) groups excluding carboxylic acids is 1. The van der Waals surface area contributed by atoms with Crippen LogP contribution in [0.5, 0.6) is 0 Å². The van der Waals surface area contributed by atoms with Gasteiger partial charge >= 0.3 is 0 Å². The molecule has 2 aliphatic heterocycles. The molecule has 3 nitrogen and oxygen atoms in total. The highest BCUT2D eigenvalue weighted by atomic mass is 32.1. The Bertz CT molecular complexity index is 440. The van der Waals surface area contributed by atoms with Crippen molar-refractivity contribution in [2.45, 2.75) is 38.5 Å². The first-order valence-corrected chi connectivity index (χ1v) is 9.22. The standard InChI is InChI=1S/C17H26N2OS/c20-17(8-7-16-6-4-12-21-16)19-11-3-5-15(14-19)13-18-9-1-2-10-18/h4,6,12,15H,1-3,5,7-11,13-14H2/t15-/m1/s1. The summed E-state index contributed by atoms with van der Waals surface area (Å²) < 4.78 is 0. The number of hydrogen-bond donors (Lipinski definition) is 0. The third-order valence-electron chi connectivity index (χ3n) is 4.75. The zero-order valence-electron chi connectivity index (χ0n) is 12.8. The Morgan fingerprint density at radius 2 is 2.10 bits per heavy atom. The lowest BCUT2D eigenvalue weighted by Crippen LogP contribution is -2.43. The van der Waals surface area contributed by atoms with Gasteiger partial charge in [-0.05, 0) is 62.6 Å². The SMILES string of the molecule is O=C(CCc1cccs1)N1CCC[C@H](CN2CCCC2)C1. The number of amides is 1. The maximum absolute atomic E-state index is 12.4. The summed E-state index contributed by atoms with van der Waals surface area (Å²) in [7, 11) is 0. The van der Waals surface area contributed by atoms with Crippen LogP contribution in [0.15, 0.2) is 17.5 Å². The second kappa shape index (κ2) is 7.41. The molecule has 1 aromatic heterocycles. The fourth-order valence-corrected chi connectivity index (χ4v) is 4.32. The van der Waals surface area contributed by atoms with E-state index in [0.29, 0.717) is 18.2 Å². The fourth-order valence-electron chi connectivity index (χ4n) is 3.61. The average molecular weight is 306 g/mol. The zero-order chi connectivity index (χ0) is 14.5. The van der Waals surface area contributed by atoms with E-state index in [4.69, 9.17) is 0 Å². The second-order valence-corrected chi connectivity index (χ2v) is 7.47. The van der Waals surface area contributed by atoms with Crippen LogP contribution in [-0.2, 0) is 11.2 Å². The number of thiophene rings is 1. The molecule has 2 fully saturated rings. The van der Waals surface area contributed by atoms with E-state index in [9.17, 15) is 4.79 Å². The number of nitrogens with zero attached hydrogens (tertiary/aromatic N) is 2. The molecule has 21 heavy (non-hydrogen) atoms. The summed E-state index contributed by atoms with van der Waals surface area (Å²) in [6.07, 6.45) is 6.78. The maximum atomic E-state index is 12.4. The largest absolute Gasteiger partial charge is 0.342 e. The Labute approximate surface area is 131 Å². The van der Waals surface area contributed by atoms with E-state index in [2.05, 4.69) is 27.3 Å². The van der Waals surface area contributed by atoms with Crippen molar-refractivity contribution in [2.24, 2.45) is 5.92 Å². The molecule has 0 spiro atoms. The molecule has 0 N–H and O–H groups in total. The highest BCUT2D eigenvalue weighted by molar-refractivity contribution is 7.09. The van der Waals surface area contributed by atoms with E-state index in [1.54, 1.807) is 11.3 Å². The Balaban J connectivity index is 1.44. The Hall–Kier alpha value is -0.870. The Morgan fingerprint density at radius 1 is 1.24 bits per heavy atom. The summed E-state index contributed by atoms with van der Waals surface area (Å²) in [5.41, 5.74) is 0. The van der Waals surface area contributed by atoms with Gasteiger partial charge < -0.3 is 9.80 Å². The van der Waals surface area contributed by atoms with Crippen LogP contribution < -0.4 is 0 Å². The summed E-state index contributed by atoms with van der Waals surface area (Å²) in [6.45, 7) is 5.69. The van der Waals surface area contributed by atoms with E-state index in [-0.39, 0.29) is 0 Å². The molecule has 0 unspecified atom stereocenters. The maximum Gasteiger partial charge on any atom is 0.222 e. The molecular formula is C17H26N2OS. The van der Waals surface area contributed by atoms with Gasteiger partial charge in [-0.25, -0.2) is 0 Å². The lowest BCUT2D eigenvalue weighted by atomic mass is 9.97. The molecule has 1 atom stereocenters. The van der Waals surface area contributed by atoms with Crippen molar-refractivity contribution < 1.29 is 4.79 Å². The van der Waals surface area contributed by atoms with E-state index >= 15 is 0 Å². The molecule has 0 saturated carbocycles. The molecule has 116 valence electrons. The summed E-state index contributed by atoms with van der Waals surface area (Å²) in [5.74, 6) is 1.05. The fraction of sp³-hybridized carbons (Fsp3) is 0.706. The average Bonchev–Trinajstić information content (AvgIpc) is 3.18. The summed E-state index contributed by atoms with van der Waals surface area (Å²) in [6, 6.07) is 4.20. The smallest absolute Gasteiger partial charge is 0.222 e.